The number of carbonyl (C=O) groups excluding carboxylic acids is 4. The fraction of sp³-hybridized carbons (Fsp3) is 0.692. The minimum absolute atomic E-state index is 0.0445. The average molecular weight is 1230 g/mol. The Morgan fingerprint density at radius 3 is 1.38 bits per heavy atom. The number of rotatable bonds is 8. The molecule has 0 aliphatic heterocycles. The van der Waals surface area contributed by atoms with Gasteiger partial charge in [0.05, 0.1) is 25.0 Å². The molecule has 8 fully saturated rings. The molecule has 8 saturated carbocycles. The molecule has 0 bridgehead atoms. The van der Waals surface area contributed by atoms with E-state index in [1.807, 2.05) is 6.07 Å². The second-order valence-corrected chi connectivity index (χ2v) is 34.6. The number of esters is 2. The molecule has 0 saturated heterocycles. The quantitative estimate of drug-likeness (QED) is 0.102. The predicted molar refractivity (Wildman–Crippen MR) is 357 cm³/mol. The molecule has 10 nitrogen and oxygen atoms in total. The molecule has 2 heterocycles. The van der Waals surface area contributed by atoms with Crippen LogP contribution in [0.1, 0.15) is 208 Å². The van der Waals surface area contributed by atoms with Crippen molar-refractivity contribution in [2.24, 2.45) is 102 Å². The summed E-state index contributed by atoms with van der Waals surface area (Å²) in [7, 11) is 2.76. The Kier molecular flexibility index (Phi) is 14.9. The number of ether oxygens (including phenoxy) is 2. The molecule has 11 heteroatoms. The molecule has 4 aromatic rings. The van der Waals surface area contributed by atoms with Crippen molar-refractivity contribution < 1.29 is 28.7 Å². The van der Waals surface area contributed by atoms with Crippen molar-refractivity contribution in [2.75, 3.05) is 27.3 Å². The lowest BCUT2D eigenvalue weighted by molar-refractivity contribution is -0.224. The molecule has 10 aliphatic rings. The largest absolute Gasteiger partial charge is 0.468 e. The van der Waals surface area contributed by atoms with Crippen LogP contribution in [0.25, 0.3) is 21.8 Å². The van der Waals surface area contributed by atoms with Gasteiger partial charge in [-0.15, -0.1) is 0 Å². The smallest absolute Gasteiger partial charge is 0.325 e. The van der Waals surface area contributed by atoms with E-state index in [4.69, 9.17) is 21.1 Å². The molecule has 4 N–H and O–H groups in total. The van der Waals surface area contributed by atoms with Gasteiger partial charge in [-0.2, -0.15) is 0 Å². The third-order valence-electron chi connectivity index (χ3n) is 30.6. The molecule has 482 valence electrons. The first-order valence-corrected chi connectivity index (χ1v) is 35.2. The van der Waals surface area contributed by atoms with E-state index in [2.05, 4.69) is 153 Å². The number of amides is 2. The maximum atomic E-state index is 14.1. The number of nitrogens with one attached hydrogen (secondary N) is 4. The Hall–Kier alpha value is -4.83. The van der Waals surface area contributed by atoms with E-state index in [0.29, 0.717) is 47.3 Å². The molecule has 0 spiro atoms. The maximum Gasteiger partial charge on any atom is 0.325 e. The van der Waals surface area contributed by atoms with Gasteiger partial charge in [0.2, 0.25) is 11.8 Å². The van der Waals surface area contributed by atoms with Crippen molar-refractivity contribution in [1.29, 1.82) is 0 Å². The number of carbonyl (C=O) groups is 4. The summed E-state index contributed by atoms with van der Waals surface area (Å²) in [5.41, 5.74) is 11.2. The number of methoxy groups -OCH3 is 2. The number of benzene rings is 2. The third-order valence-corrected chi connectivity index (χ3v) is 30.9. The topological polar surface area (TPSA) is 142 Å². The summed E-state index contributed by atoms with van der Waals surface area (Å²) in [5, 5.41) is 9.57. The van der Waals surface area contributed by atoms with E-state index in [0.717, 1.165) is 75.7 Å². The highest BCUT2D eigenvalue weighted by Crippen LogP contribution is 2.80. The van der Waals surface area contributed by atoms with Crippen LogP contribution in [-0.2, 0) is 52.3 Å². The van der Waals surface area contributed by atoms with E-state index in [-0.39, 0.29) is 92.0 Å². The van der Waals surface area contributed by atoms with Gasteiger partial charge in [0.15, 0.2) is 0 Å². The van der Waals surface area contributed by atoms with Crippen LogP contribution in [0, 0.1) is 102 Å². The standard InChI is InChI=1S/C39H53ClN2O3.C39H54N2O3/c1-22(2)24-13-16-39(34(44)41-21-31(43)45-8)18-17-37(6)27(32(24)39)10-12-30-36(5)20-26-25-19-23(40)9-11-28(25)42-33(26)35(3,4)29(36)14-15-38(30,37)7;1-23(2)24-15-18-39(34(43)40-22-31(42)44-8)20-19-37(6)27(32(24)39)13-14-30-36(5)21-26-25-11-9-10-12-28(25)41-33(26)35(3,4)29(36)16-17-38(30,37)7/h9,11,19,24,27,29-30,32,42H,1,10,12-18,20-21H2,2-8H3,(H,41,44);9-12,24,27,29-30,32,41H,1,13-22H2,2-8H3,(H,40,43)/t2*24-,27?,29?,30?,32?,36-,37+,38+,39-/m00/s1. The zero-order valence-corrected chi connectivity index (χ0v) is 57.5. The molecule has 18 atom stereocenters. The van der Waals surface area contributed by atoms with Gasteiger partial charge < -0.3 is 30.1 Å². The molecule has 2 aromatic carbocycles. The number of aromatic amines is 2. The number of H-pyrrole nitrogens is 2. The van der Waals surface area contributed by atoms with E-state index >= 15 is 0 Å². The van der Waals surface area contributed by atoms with Crippen molar-refractivity contribution in [2.45, 2.75) is 209 Å². The Balaban J connectivity index is 0.000000164. The summed E-state index contributed by atoms with van der Waals surface area (Å²) in [5.74, 6) is 4.02. The van der Waals surface area contributed by atoms with E-state index < -0.39 is 10.8 Å². The minimum Gasteiger partial charge on any atom is -0.468 e. The van der Waals surface area contributed by atoms with Crippen molar-refractivity contribution in [3.05, 3.63) is 94.3 Å². The third kappa shape index (κ3) is 8.55. The number of hydrogen-bond acceptors (Lipinski definition) is 6. The van der Waals surface area contributed by atoms with Crippen LogP contribution in [-0.4, -0.2) is 61.0 Å². The highest BCUT2D eigenvalue weighted by molar-refractivity contribution is 6.31. The van der Waals surface area contributed by atoms with Gasteiger partial charge in [-0.1, -0.05) is 123 Å². The molecular weight excluding hydrogens is 1120 g/mol. The number of para-hydroxylation sites is 1. The summed E-state index contributed by atoms with van der Waals surface area (Å²) < 4.78 is 9.74. The van der Waals surface area contributed by atoms with Crippen LogP contribution < -0.4 is 10.6 Å². The predicted octanol–water partition coefficient (Wildman–Crippen LogP) is 16.9. The molecule has 14 rings (SSSR count). The van der Waals surface area contributed by atoms with Crippen LogP contribution in [0.15, 0.2) is 66.8 Å². The summed E-state index contributed by atoms with van der Waals surface area (Å²) in [4.78, 5) is 60.0. The summed E-state index contributed by atoms with van der Waals surface area (Å²) in [6, 6.07) is 15.3. The molecule has 0 radical (unpaired) electrons. The normalized spacial score (nSPS) is 41.5. The fourth-order valence-corrected chi connectivity index (χ4v) is 26.6. The second kappa shape index (κ2) is 21.1. The Bertz CT molecular complexity index is 3590. The van der Waals surface area contributed by atoms with Crippen molar-refractivity contribution in [1.82, 2.24) is 20.6 Å². The minimum atomic E-state index is -0.433. The fourth-order valence-electron chi connectivity index (χ4n) is 26.5. The number of fused-ring (bicyclic) bond motifs is 20. The lowest BCUT2D eigenvalue weighted by Gasteiger charge is -2.72. The molecule has 2 aromatic heterocycles. The second-order valence-electron chi connectivity index (χ2n) is 34.2. The monoisotopic (exact) mass is 1230 g/mol. The van der Waals surface area contributed by atoms with Crippen LogP contribution in [0.2, 0.25) is 5.02 Å². The zero-order valence-electron chi connectivity index (χ0n) is 56.7. The van der Waals surface area contributed by atoms with E-state index in [1.54, 1.807) is 5.56 Å². The average Bonchev–Trinajstić information content (AvgIpc) is 1.67. The van der Waals surface area contributed by atoms with Crippen LogP contribution >= 0.6 is 11.6 Å². The van der Waals surface area contributed by atoms with Gasteiger partial charge in [-0.05, 0) is 256 Å². The Morgan fingerprint density at radius 2 is 0.944 bits per heavy atom. The van der Waals surface area contributed by atoms with Crippen LogP contribution in [0.5, 0.6) is 0 Å². The zero-order chi connectivity index (χ0) is 63.8. The van der Waals surface area contributed by atoms with Crippen molar-refractivity contribution >= 4 is 57.2 Å². The number of hydrogen-bond donors (Lipinski definition) is 4. The summed E-state index contributed by atoms with van der Waals surface area (Å²) >= 11 is 6.57. The molecular formula is C78H107ClN4O6. The first kappa shape index (κ1) is 63.0. The van der Waals surface area contributed by atoms with E-state index in [9.17, 15) is 19.2 Å². The number of halogens is 1. The van der Waals surface area contributed by atoms with Crippen molar-refractivity contribution in [3.8, 4) is 0 Å². The highest BCUT2D eigenvalue weighted by atomic mass is 35.5. The molecule has 89 heavy (non-hydrogen) atoms. The van der Waals surface area contributed by atoms with Gasteiger partial charge in [-0.3, -0.25) is 19.2 Å². The Morgan fingerprint density at radius 1 is 0.517 bits per heavy atom. The summed E-state index contributed by atoms with van der Waals surface area (Å²) in [6.45, 7) is 39.1. The van der Waals surface area contributed by atoms with Gasteiger partial charge in [0.1, 0.15) is 13.1 Å². The van der Waals surface area contributed by atoms with Gasteiger partial charge >= 0.3 is 11.9 Å². The van der Waals surface area contributed by atoms with Gasteiger partial charge in [0.25, 0.3) is 0 Å². The Labute approximate surface area is 537 Å². The lowest BCUT2D eigenvalue weighted by Crippen LogP contribution is -2.67. The lowest BCUT2D eigenvalue weighted by atomic mass is 9.32. The SMILES string of the molecule is C=C(C)[C@@H]1CC[C@]2(C(=O)NCC(=O)OC)CC[C@]3(C)C(CCC4[C@@]5(C)Cc6c([nH]c7ccc(Cl)cc67)C(C)(C)C5CC[C@]43C)C12.C=C(C)[C@@H]1CC[C@]2(C(=O)NCC(=O)OC)CC[C@]3(C)C(CCC4[C@@]5(C)Cc6c([nH]c7ccccc67)C(C)(C)C5CC[C@]43C)C12. The van der Waals surface area contributed by atoms with Crippen LogP contribution in [0.3, 0.4) is 0 Å². The first-order chi connectivity index (χ1) is 41.9. The first-order valence-electron chi connectivity index (χ1n) is 34.8. The van der Waals surface area contributed by atoms with Gasteiger partial charge in [-0.25, -0.2) is 0 Å². The molecule has 8 unspecified atom stereocenters. The maximum absolute atomic E-state index is 14.1. The van der Waals surface area contributed by atoms with Crippen LogP contribution in [0.4, 0.5) is 0 Å². The highest BCUT2D eigenvalue weighted by Gasteiger charge is 2.74. The number of allylic oxidation sites excluding steroid dienone is 2. The van der Waals surface area contributed by atoms with Crippen molar-refractivity contribution in [3.63, 3.8) is 0 Å². The number of aromatic nitrogens is 2. The summed E-state index contributed by atoms with van der Waals surface area (Å²) in [6.07, 6.45) is 19.8. The molecule has 10 aliphatic carbocycles. The molecule has 2 amide bonds. The van der Waals surface area contributed by atoms with Gasteiger partial charge in [0, 0.05) is 49.0 Å². The van der Waals surface area contributed by atoms with E-state index in [1.165, 1.54) is 109 Å².